The van der Waals surface area contributed by atoms with Crippen LogP contribution in [0.3, 0.4) is 0 Å². The zero-order valence-corrected chi connectivity index (χ0v) is 11.1. The summed E-state index contributed by atoms with van der Waals surface area (Å²) in [6.07, 6.45) is 2.08. The molecule has 0 spiro atoms. The third-order valence-corrected chi connectivity index (χ3v) is 3.04. The van der Waals surface area contributed by atoms with Crippen molar-refractivity contribution in [2.45, 2.75) is 13.0 Å². The van der Waals surface area contributed by atoms with Gasteiger partial charge in [-0.25, -0.2) is 4.39 Å². The van der Waals surface area contributed by atoms with Gasteiger partial charge < -0.3 is 15.0 Å². The summed E-state index contributed by atoms with van der Waals surface area (Å²) < 4.78 is 18.4. The Labute approximate surface area is 115 Å². The maximum absolute atomic E-state index is 13.0. The molecule has 2 rings (SSSR count). The number of pyridine rings is 1. The molecule has 0 aliphatic carbocycles. The van der Waals surface area contributed by atoms with E-state index in [1.807, 2.05) is 0 Å². The first-order chi connectivity index (χ1) is 9.56. The minimum absolute atomic E-state index is 0.0149. The van der Waals surface area contributed by atoms with Crippen molar-refractivity contribution in [3.05, 3.63) is 29.8 Å². The predicted molar refractivity (Wildman–Crippen MR) is 68.5 cm³/mol. The number of rotatable bonds is 3. The number of carbonyl (C=O) groups is 2. The van der Waals surface area contributed by atoms with Crippen LogP contribution in [0.2, 0.25) is 0 Å². The molecule has 1 aromatic rings. The largest absolute Gasteiger partial charge is 0.373 e. The number of ether oxygens (including phenoxy) is 1. The molecule has 1 aromatic heterocycles. The molecule has 7 heteroatoms. The molecule has 108 valence electrons. The maximum Gasteiger partial charge on any atom is 0.253 e. The summed E-state index contributed by atoms with van der Waals surface area (Å²) in [5, 5.41) is 2.65. The van der Waals surface area contributed by atoms with E-state index in [0.717, 1.165) is 12.3 Å². The van der Waals surface area contributed by atoms with Crippen molar-refractivity contribution in [1.82, 2.24) is 15.2 Å². The highest BCUT2D eigenvalue weighted by Gasteiger charge is 2.22. The van der Waals surface area contributed by atoms with Gasteiger partial charge in [-0.1, -0.05) is 0 Å². The van der Waals surface area contributed by atoms with E-state index in [-0.39, 0.29) is 24.1 Å². The molecule has 2 heterocycles. The molecule has 1 N–H and O–H groups in total. The van der Waals surface area contributed by atoms with Gasteiger partial charge in [0.15, 0.2) is 0 Å². The fourth-order valence-corrected chi connectivity index (χ4v) is 1.97. The lowest BCUT2D eigenvalue weighted by Crippen LogP contribution is -2.49. The van der Waals surface area contributed by atoms with Crippen LogP contribution < -0.4 is 5.32 Å². The van der Waals surface area contributed by atoms with Crippen LogP contribution in [0.4, 0.5) is 4.39 Å². The van der Waals surface area contributed by atoms with Crippen molar-refractivity contribution < 1.29 is 18.7 Å². The first-order valence-electron chi connectivity index (χ1n) is 6.32. The van der Waals surface area contributed by atoms with Crippen LogP contribution in [-0.4, -0.2) is 54.0 Å². The molecule has 0 aromatic carbocycles. The van der Waals surface area contributed by atoms with Crippen molar-refractivity contribution in [3.8, 4) is 0 Å². The third-order valence-electron chi connectivity index (χ3n) is 3.04. The Hall–Kier alpha value is -2.02. The second-order valence-corrected chi connectivity index (χ2v) is 4.56. The monoisotopic (exact) mass is 281 g/mol. The molecule has 1 atom stereocenters. The van der Waals surface area contributed by atoms with E-state index < -0.39 is 11.7 Å². The van der Waals surface area contributed by atoms with Gasteiger partial charge in [-0.3, -0.25) is 14.6 Å². The standard InChI is InChI=1S/C13H16FN3O3/c1-9(18)17-2-3-20-12(8-17)7-16-13(19)10-4-11(14)6-15-5-10/h4-6,12H,2-3,7-8H2,1H3,(H,16,19). The van der Waals surface area contributed by atoms with Crippen molar-refractivity contribution in [1.29, 1.82) is 0 Å². The van der Waals surface area contributed by atoms with Gasteiger partial charge in [0, 0.05) is 32.8 Å². The third kappa shape index (κ3) is 3.74. The van der Waals surface area contributed by atoms with Crippen molar-refractivity contribution in [2.75, 3.05) is 26.2 Å². The predicted octanol–water partition coefficient (Wildman–Crippen LogP) is 0.198. The molecule has 1 aliphatic rings. The molecular formula is C13H16FN3O3. The van der Waals surface area contributed by atoms with E-state index in [2.05, 4.69) is 10.3 Å². The summed E-state index contributed by atoms with van der Waals surface area (Å²) in [4.78, 5) is 28.4. The Morgan fingerprint density at radius 2 is 2.35 bits per heavy atom. The first kappa shape index (κ1) is 14.4. The number of aromatic nitrogens is 1. The smallest absolute Gasteiger partial charge is 0.253 e. The second kappa shape index (κ2) is 6.42. The average molecular weight is 281 g/mol. The number of morpholine rings is 1. The summed E-state index contributed by atoms with van der Waals surface area (Å²) in [5.41, 5.74) is 0.157. The zero-order chi connectivity index (χ0) is 14.5. The van der Waals surface area contributed by atoms with Crippen LogP contribution in [0.25, 0.3) is 0 Å². The molecule has 20 heavy (non-hydrogen) atoms. The number of halogens is 1. The van der Waals surface area contributed by atoms with Gasteiger partial charge in [0.2, 0.25) is 5.91 Å². The van der Waals surface area contributed by atoms with Gasteiger partial charge in [-0.15, -0.1) is 0 Å². The second-order valence-electron chi connectivity index (χ2n) is 4.56. The SMILES string of the molecule is CC(=O)N1CCOC(CNC(=O)c2cncc(F)c2)C1. The lowest BCUT2D eigenvalue weighted by molar-refractivity contribution is -0.136. The molecule has 1 saturated heterocycles. The number of carbonyl (C=O) groups excluding carboxylic acids is 2. The summed E-state index contributed by atoms with van der Waals surface area (Å²) in [5.74, 6) is -0.992. The van der Waals surface area contributed by atoms with E-state index in [4.69, 9.17) is 4.74 Å². The summed E-state index contributed by atoms with van der Waals surface area (Å²) in [6, 6.07) is 1.12. The fraction of sp³-hybridized carbons (Fsp3) is 0.462. The number of hydrogen-bond donors (Lipinski definition) is 1. The van der Waals surface area contributed by atoms with E-state index in [0.29, 0.717) is 19.7 Å². The molecule has 0 saturated carbocycles. The number of hydrogen-bond acceptors (Lipinski definition) is 4. The lowest BCUT2D eigenvalue weighted by Gasteiger charge is -2.32. The summed E-state index contributed by atoms with van der Waals surface area (Å²) in [6.45, 7) is 3.21. The Morgan fingerprint density at radius 3 is 3.05 bits per heavy atom. The minimum atomic E-state index is -0.561. The zero-order valence-electron chi connectivity index (χ0n) is 11.1. The highest BCUT2D eigenvalue weighted by Crippen LogP contribution is 2.05. The van der Waals surface area contributed by atoms with Gasteiger partial charge in [-0.05, 0) is 6.07 Å². The van der Waals surface area contributed by atoms with Crippen molar-refractivity contribution in [2.24, 2.45) is 0 Å². The van der Waals surface area contributed by atoms with Gasteiger partial charge in [0.05, 0.1) is 24.5 Å². The number of nitrogens with zero attached hydrogens (tertiary/aromatic N) is 2. The normalized spacial score (nSPS) is 18.7. The van der Waals surface area contributed by atoms with E-state index >= 15 is 0 Å². The van der Waals surface area contributed by atoms with Crippen molar-refractivity contribution >= 4 is 11.8 Å². The van der Waals surface area contributed by atoms with Crippen LogP contribution in [-0.2, 0) is 9.53 Å². The van der Waals surface area contributed by atoms with Gasteiger partial charge >= 0.3 is 0 Å². The van der Waals surface area contributed by atoms with E-state index in [1.165, 1.54) is 13.1 Å². The molecular weight excluding hydrogens is 265 g/mol. The molecule has 0 radical (unpaired) electrons. The highest BCUT2D eigenvalue weighted by atomic mass is 19.1. The van der Waals surface area contributed by atoms with Gasteiger partial charge in [0.1, 0.15) is 5.82 Å². The molecule has 0 bridgehead atoms. The first-order valence-corrected chi connectivity index (χ1v) is 6.32. The van der Waals surface area contributed by atoms with Crippen LogP contribution in [0.15, 0.2) is 18.5 Å². The molecule has 1 unspecified atom stereocenters. The van der Waals surface area contributed by atoms with Crippen molar-refractivity contribution in [3.63, 3.8) is 0 Å². The van der Waals surface area contributed by atoms with Crippen LogP contribution >= 0.6 is 0 Å². The summed E-state index contributed by atoms with van der Waals surface area (Å²) >= 11 is 0. The fourth-order valence-electron chi connectivity index (χ4n) is 1.97. The number of amides is 2. The van der Waals surface area contributed by atoms with E-state index in [1.54, 1.807) is 4.90 Å². The van der Waals surface area contributed by atoms with Crippen LogP contribution in [0.5, 0.6) is 0 Å². The molecule has 2 amide bonds. The molecule has 1 aliphatic heterocycles. The Bertz CT molecular complexity index is 509. The molecule has 1 fully saturated rings. The topological polar surface area (TPSA) is 71.5 Å². The highest BCUT2D eigenvalue weighted by molar-refractivity contribution is 5.93. The number of nitrogens with one attached hydrogen (secondary N) is 1. The maximum atomic E-state index is 13.0. The lowest BCUT2D eigenvalue weighted by atomic mass is 10.2. The van der Waals surface area contributed by atoms with Crippen LogP contribution in [0, 0.1) is 5.82 Å². The van der Waals surface area contributed by atoms with Crippen LogP contribution in [0.1, 0.15) is 17.3 Å². The quantitative estimate of drug-likeness (QED) is 0.859. The molecule has 6 nitrogen and oxygen atoms in total. The average Bonchev–Trinajstić information content (AvgIpc) is 2.45. The Morgan fingerprint density at radius 1 is 1.55 bits per heavy atom. The van der Waals surface area contributed by atoms with Gasteiger partial charge in [0.25, 0.3) is 5.91 Å². The van der Waals surface area contributed by atoms with Gasteiger partial charge in [-0.2, -0.15) is 0 Å². The summed E-state index contributed by atoms with van der Waals surface area (Å²) in [7, 11) is 0. The Balaban J connectivity index is 1.85. The Kier molecular flexibility index (Phi) is 4.62. The minimum Gasteiger partial charge on any atom is -0.373 e. The van der Waals surface area contributed by atoms with E-state index in [9.17, 15) is 14.0 Å².